The zero-order valence-corrected chi connectivity index (χ0v) is 20.3. The van der Waals surface area contributed by atoms with E-state index in [0.717, 1.165) is 43.9 Å². The summed E-state index contributed by atoms with van der Waals surface area (Å²) in [7, 11) is 2.02. The number of rotatable bonds is 5. The average Bonchev–Trinajstić information content (AvgIpc) is 3.37. The number of nitrogens with one attached hydrogen (secondary N) is 1. The lowest BCUT2D eigenvalue weighted by molar-refractivity contribution is -0.137. The molecule has 0 spiro atoms. The second-order valence-corrected chi connectivity index (χ2v) is 8.90. The summed E-state index contributed by atoms with van der Waals surface area (Å²) in [6.45, 7) is 5.65. The van der Waals surface area contributed by atoms with Crippen LogP contribution >= 0.6 is 0 Å². The summed E-state index contributed by atoms with van der Waals surface area (Å²) < 4.78 is 46.1. The van der Waals surface area contributed by atoms with Crippen molar-refractivity contribution in [3.63, 3.8) is 0 Å². The molecule has 0 bridgehead atoms. The van der Waals surface area contributed by atoms with Crippen LogP contribution < -0.4 is 5.32 Å². The van der Waals surface area contributed by atoms with Crippen molar-refractivity contribution in [2.75, 3.05) is 38.5 Å². The Kier molecular flexibility index (Phi) is 7.82. The van der Waals surface area contributed by atoms with Crippen LogP contribution in [0.4, 0.5) is 18.9 Å². The molecule has 1 amide bonds. The van der Waals surface area contributed by atoms with Gasteiger partial charge in [0.1, 0.15) is 0 Å². The molecule has 0 atom stereocenters. The highest BCUT2D eigenvalue weighted by Crippen LogP contribution is 2.32. The van der Waals surface area contributed by atoms with E-state index >= 15 is 0 Å². The summed E-state index contributed by atoms with van der Waals surface area (Å²) in [5.41, 5.74) is 1.78. The quantitative estimate of drug-likeness (QED) is 0.491. The Hall–Kier alpha value is -3.54. The molecule has 5 nitrogen and oxygen atoms in total. The number of aryl methyl sites for hydroxylation is 1. The van der Waals surface area contributed by atoms with Gasteiger partial charge in [-0.1, -0.05) is 18.9 Å². The third kappa shape index (κ3) is 6.56. The summed E-state index contributed by atoms with van der Waals surface area (Å²) in [6.07, 6.45) is -2.27. The fraction of sp³-hybridized carbons (Fsp3) is 0.321. The number of piperazine rings is 1. The first-order valence-electron chi connectivity index (χ1n) is 11.8. The van der Waals surface area contributed by atoms with Gasteiger partial charge in [0, 0.05) is 49.5 Å². The molecule has 1 saturated heterocycles. The lowest BCUT2D eigenvalue weighted by atomic mass is 10.0. The van der Waals surface area contributed by atoms with Gasteiger partial charge >= 0.3 is 6.18 Å². The van der Waals surface area contributed by atoms with Gasteiger partial charge in [-0.25, -0.2) is 0 Å². The molecule has 1 fully saturated rings. The van der Waals surface area contributed by atoms with Gasteiger partial charge in [-0.15, -0.1) is 0 Å². The molecule has 2 heterocycles. The average molecular weight is 496 g/mol. The van der Waals surface area contributed by atoms with Gasteiger partial charge in [0.2, 0.25) is 0 Å². The van der Waals surface area contributed by atoms with E-state index in [1.54, 1.807) is 30.3 Å². The Labute approximate surface area is 208 Å². The third-order valence-electron chi connectivity index (χ3n) is 6.17. The Morgan fingerprint density at radius 2 is 1.83 bits per heavy atom. The Morgan fingerprint density at radius 1 is 1.06 bits per heavy atom. The highest BCUT2D eigenvalue weighted by molar-refractivity contribution is 6.04. The van der Waals surface area contributed by atoms with Crippen LogP contribution in [0.2, 0.25) is 0 Å². The number of alkyl halides is 3. The van der Waals surface area contributed by atoms with E-state index in [2.05, 4.69) is 27.0 Å². The molecule has 1 aromatic heterocycles. The van der Waals surface area contributed by atoms with Crippen LogP contribution in [-0.4, -0.2) is 48.9 Å². The smallest absolute Gasteiger partial charge is 0.416 e. The molecule has 36 heavy (non-hydrogen) atoms. The lowest BCUT2D eigenvalue weighted by Gasteiger charge is -2.32. The SMILES string of the molecule is CCc1ccc(C(=O)Nc2cc(CN3CCN(C)CC3)cc(C(F)(F)F)c2)cc1C#Cc1ccco1. The van der Waals surface area contributed by atoms with E-state index in [9.17, 15) is 18.0 Å². The second kappa shape index (κ2) is 11.0. The topological polar surface area (TPSA) is 48.7 Å². The minimum absolute atomic E-state index is 0.113. The monoisotopic (exact) mass is 495 g/mol. The van der Waals surface area contributed by atoms with Crippen molar-refractivity contribution in [3.8, 4) is 11.8 Å². The first-order chi connectivity index (χ1) is 17.2. The van der Waals surface area contributed by atoms with Gasteiger partial charge in [-0.2, -0.15) is 13.2 Å². The van der Waals surface area contributed by atoms with E-state index in [-0.39, 0.29) is 5.69 Å². The molecule has 2 aromatic carbocycles. The molecule has 0 saturated carbocycles. The molecule has 0 aliphatic carbocycles. The van der Waals surface area contributed by atoms with Crippen molar-refractivity contribution < 1.29 is 22.4 Å². The van der Waals surface area contributed by atoms with Gasteiger partial charge in [0.05, 0.1) is 11.8 Å². The maximum atomic E-state index is 13.6. The number of amides is 1. The van der Waals surface area contributed by atoms with Crippen molar-refractivity contribution in [1.29, 1.82) is 0 Å². The first-order valence-corrected chi connectivity index (χ1v) is 11.8. The van der Waals surface area contributed by atoms with Gasteiger partial charge in [-0.05, 0) is 73.0 Å². The van der Waals surface area contributed by atoms with Gasteiger partial charge in [0.25, 0.3) is 5.91 Å². The Morgan fingerprint density at radius 3 is 2.50 bits per heavy atom. The molecule has 1 aliphatic rings. The van der Waals surface area contributed by atoms with E-state index in [4.69, 9.17) is 4.42 Å². The van der Waals surface area contributed by atoms with Crippen molar-refractivity contribution in [1.82, 2.24) is 9.80 Å². The number of hydrogen-bond acceptors (Lipinski definition) is 4. The van der Waals surface area contributed by atoms with E-state index < -0.39 is 17.6 Å². The number of carbonyl (C=O) groups excluding carboxylic acids is 1. The normalized spacial score (nSPS) is 14.8. The van der Waals surface area contributed by atoms with Crippen LogP contribution in [0, 0.1) is 11.8 Å². The summed E-state index contributed by atoms with van der Waals surface area (Å²) in [4.78, 5) is 17.3. The molecule has 1 N–H and O–H groups in total. The van der Waals surface area contributed by atoms with Crippen LogP contribution in [0.1, 0.15) is 45.3 Å². The Bertz CT molecular complexity index is 1270. The number of anilines is 1. The Balaban J connectivity index is 1.57. The van der Waals surface area contributed by atoms with Gasteiger partial charge < -0.3 is 14.6 Å². The fourth-order valence-electron chi connectivity index (χ4n) is 4.11. The summed E-state index contributed by atoms with van der Waals surface area (Å²) in [5, 5.41) is 2.66. The molecule has 1 aliphatic heterocycles. The minimum Gasteiger partial charge on any atom is -0.456 e. The van der Waals surface area contributed by atoms with Crippen LogP contribution in [-0.2, 0) is 19.1 Å². The van der Waals surface area contributed by atoms with Gasteiger partial charge in [-0.3, -0.25) is 9.69 Å². The molecule has 3 aromatic rings. The molecule has 8 heteroatoms. The zero-order chi connectivity index (χ0) is 25.7. The molecule has 0 unspecified atom stereocenters. The third-order valence-corrected chi connectivity index (χ3v) is 6.17. The predicted octanol–water partition coefficient (Wildman–Crippen LogP) is 5.26. The summed E-state index contributed by atoms with van der Waals surface area (Å²) in [6, 6.07) is 12.4. The van der Waals surface area contributed by atoms with Crippen LogP contribution in [0.5, 0.6) is 0 Å². The number of nitrogens with zero attached hydrogens (tertiary/aromatic N) is 2. The van der Waals surface area contributed by atoms with Gasteiger partial charge in [0.15, 0.2) is 5.76 Å². The van der Waals surface area contributed by atoms with Crippen molar-refractivity contribution in [2.45, 2.75) is 26.1 Å². The molecule has 4 rings (SSSR count). The molecule has 188 valence electrons. The van der Waals surface area contributed by atoms with Crippen LogP contribution in [0.3, 0.4) is 0 Å². The highest BCUT2D eigenvalue weighted by Gasteiger charge is 2.31. The first kappa shape index (κ1) is 25.5. The van der Waals surface area contributed by atoms with Crippen molar-refractivity contribution in [2.24, 2.45) is 0 Å². The second-order valence-electron chi connectivity index (χ2n) is 8.90. The lowest BCUT2D eigenvalue weighted by Crippen LogP contribution is -2.43. The number of carbonyl (C=O) groups is 1. The number of likely N-dealkylation sites (N-methyl/N-ethyl adjacent to an activating group) is 1. The van der Waals surface area contributed by atoms with E-state index in [1.165, 1.54) is 6.26 Å². The van der Waals surface area contributed by atoms with Crippen LogP contribution in [0.15, 0.2) is 59.2 Å². The largest absolute Gasteiger partial charge is 0.456 e. The predicted molar refractivity (Wildman–Crippen MR) is 133 cm³/mol. The molecular formula is C28H28F3N3O2. The summed E-state index contributed by atoms with van der Waals surface area (Å²) >= 11 is 0. The molecule has 0 radical (unpaired) electrons. The standard InChI is InChI=1S/C28H28F3N3O2/c1-3-21-6-7-23(17-22(21)8-9-26-5-4-14-36-26)27(35)32-25-16-20(15-24(18-25)28(29,30)31)19-34-12-10-33(2)11-13-34/h4-7,14-18H,3,10-13,19H2,1-2H3,(H,32,35). The number of halogens is 3. The number of benzene rings is 2. The highest BCUT2D eigenvalue weighted by atomic mass is 19.4. The van der Waals surface area contributed by atoms with E-state index in [0.29, 0.717) is 35.4 Å². The zero-order valence-electron chi connectivity index (χ0n) is 20.3. The van der Waals surface area contributed by atoms with Crippen LogP contribution in [0.25, 0.3) is 0 Å². The van der Waals surface area contributed by atoms with Crippen molar-refractivity contribution >= 4 is 11.6 Å². The minimum atomic E-state index is -4.52. The number of furan rings is 1. The molecular weight excluding hydrogens is 467 g/mol. The van der Waals surface area contributed by atoms with E-state index in [1.807, 2.05) is 20.0 Å². The maximum absolute atomic E-state index is 13.6. The maximum Gasteiger partial charge on any atom is 0.416 e. The fourth-order valence-corrected chi connectivity index (χ4v) is 4.11. The summed E-state index contributed by atoms with van der Waals surface area (Å²) in [5.74, 6) is 5.96. The van der Waals surface area contributed by atoms with Crippen molar-refractivity contribution in [3.05, 3.63) is 88.4 Å². The number of hydrogen-bond donors (Lipinski definition) is 1.